The van der Waals surface area contributed by atoms with E-state index in [1.54, 1.807) is 24.2 Å². The van der Waals surface area contributed by atoms with Gasteiger partial charge >= 0.3 is 12.2 Å². The molecule has 3 saturated heterocycles. The highest BCUT2D eigenvalue weighted by Gasteiger charge is 2.45. The standard InChI is InChI=1S/C29H37F3N6O3/c1-18(39)35(3)26-11-33-37(15-26)28(40)36-13-20-8-25(9-21(20)14-36)34(2)12-19-4-5-22(10-27(19)29(30,31)32)38-23-6-7-24(38)17-41-16-23/h4-5,10-11,15,20-21,23-25H,6-9,12-14,16-17H2,1-3H3/t20-,21+,23?,24?,25-. The van der Waals surface area contributed by atoms with Gasteiger partial charge in [0, 0.05) is 45.3 Å². The van der Waals surface area contributed by atoms with Gasteiger partial charge in [0.1, 0.15) is 0 Å². The number of morpholine rings is 1. The van der Waals surface area contributed by atoms with Crippen molar-refractivity contribution in [3.05, 3.63) is 41.7 Å². The number of alkyl halides is 3. The third-order valence-corrected chi connectivity index (χ3v) is 9.60. The Morgan fingerprint density at radius 2 is 1.73 bits per heavy atom. The van der Waals surface area contributed by atoms with Gasteiger partial charge in [-0.2, -0.15) is 23.0 Å². The molecule has 4 aliphatic rings. The van der Waals surface area contributed by atoms with E-state index in [4.69, 9.17) is 4.74 Å². The van der Waals surface area contributed by atoms with Gasteiger partial charge in [-0.15, -0.1) is 0 Å². The highest BCUT2D eigenvalue weighted by atomic mass is 19.4. The molecular weight excluding hydrogens is 537 g/mol. The molecule has 2 bridgehead atoms. The number of halogens is 3. The van der Waals surface area contributed by atoms with Crippen LogP contribution in [0.1, 0.15) is 43.7 Å². The molecule has 2 aromatic rings. The maximum absolute atomic E-state index is 14.2. The summed E-state index contributed by atoms with van der Waals surface area (Å²) in [6.07, 6.45) is 2.18. The van der Waals surface area contributed by atoms with Crippen LogP contribution >= 0.6 is 0 Å². The Kier molecular flexibility index (Phi) is 7.25. The zero-order valence-corrected chi connectivity index (χ0v) is 23.7. The molecule has 9 nitrogen and oxygen atoms in total. The molecule has 12 heteroatoms. The molecule has 1 aromatic carbocycles. The molecule has 1 aliphatic carbocycles. The van der Waals surface area contributed by atoms with Crippen LogP contribution in [-0.2, 0) is 22.3 Å². The highest BCUT2D eigenvalue weighted by Crippen LogP contribution is 2.42. The van der Waals surface area contributed by atoms with Gasteiger partial charge in [0.25, 0.3) is 0 Å². The Hall–Kier alpha value is -3.12. The predicted molar refractivity (Wildman–Crippen MR) is 147 cm³/mol. The second kappa shape index (κ2) is 10.6. The molecule has 222 valence electrons. The van der Waals surface area contributed by atoms with Crippen molar-refractivity contribution in [2.24, 2.45) is 11.8 Å². The van der Waals surface area contributed by atoms with Crippen LogP contribution in [0.2, 0.25) is 0 Å². The quantitative estimate of drug-likeness (QED) is 0.537. The molecule has 4 fully saturated rings. The monoisotopic (exact) mass is 574 g/mol. The summed E-state index contributed by atoms with van der Waals surface area (Å²) < 4.78 is 49.6. The Morgan fingerprint density at radius 1 is 1.07 bits per heavy atom. The molecule has 1 aromatic heterocycles. The SMILES string of the molecule is CC(=O)N(C)c1cnn(C(=O)N2C[C@H]3C[C@@H](N(C)Cc4ccc(N5C6CCC5COC6)cc4C(F)(F)F)C[C@H]3C2)c1. The largest absolute Gasteiger partial charge is 0.416 e. The lowest BCUT2D eigenvalue weighted by Crippen LogP contribution is -2.46. The van der Waals surface area contributed by atoms with Gasteiger partial charge in [0.15, 0.2) is 0 Å². The van der Waals surface area contributed by atoms with Crippen molar-refractivity contribution in [3.8, 4) is 0 Å². The van der Waals surface area contributed by atoms with Gasteiger partial charge in [-0.05, 0) is 62.3 Å². The first-order valence-electron chi connectivity index (χ1n) is 14.3. The van der Waals surface area contributed by atoms with Gasteiger partial charge < -0.3 is 19.4 Å². The first-order chi connectivity index (χ1) is 19.5. The number of anilines is 2. The molecule has 4 heterocycles. The number of likely N-dealkylation sites (tertiary alicyclic amines) is 1. The van der Waals surface area contributed by atoms with E-state index in [1.165, 1.54) is 28.8 Å². The number of carbonyl (C=O) groups excluding carboxylic acids is 2. The maximum atomic E-state index is 14.2. The lowest BCUT2D eigenvalue weighted by Gasteiger charge is -2.37. The van der Waals surface area contributed by atoms with Crippen LogP contribution in [0.5, 0.6) is 0 Å². The summed E-state index contributed by atoms with van der Waals surface area (Å²) in [6, 6.07) is 5.05. The second-order valence-corrected chi connectivity index (χ2v) is 12.1. The molecule has 2 unspecified atom stereocenters. The lowest BCUT2D eigenvalue weighted by molar-refractivity contribution is -0.138. The van der Waals surface area contributed by atoms with Gasteiger partial charge in [-0.3, -0.25) is 9.69 Å². The summed E-state index contributed by atoms with van der Waals surface area (Å²) in [5.74, 6) is 0.440. The molecule has 0 N–H and O–H groups in total. The Bertz CT molecular complexity index is 1280. The topological polar surface area (TPSA) is 74.2 Å². The minimum absolute atomic E-state index is 0.143. The van der Waals surface area contributed by atoms with Gasteiger partial charge in [-0.25, -0.2) is 4.79 Å². The normalized spacial score (nSPS) is 27.5. The van der Waals surface area contributed by atoms with E-state index in [2.05, 4.69) is 10.00 Å². The van der Waals surface area contributed by atoms with Crippen LogP contribution in [0.25, 0.3) is 0 Å². The number of ether oxygens (including phenoxy) is 1. The molecule has 1 saturated carbocycles. The van der Waals surface area contributed by atoms with Crippen LogP contribution in [0.4, 0.5) is 29.3 Å². The summed E-state index contributed by atoms with van der Waals surface area (Å²) >= 11 is 0. The third kappa shape index (κ3) is 5.31. The number of carbonyl (C=O) groups is 2. The van der Waals surface area contributed by atoms with Crippen LogP contribution in [-0.4, -0.2) is 90.0 Å². The fourth-order valence-electron chi connectivity index (χ4n) is 7.28. The van der Waals surface area contributed by atoms with Crippen LogP contribution in [0.3, 0.4) is 0 Å². The van der Waals surface area contributed by atoms with Crippen molar-refractivity contribution in [2.75, 3.05) is 50.2 Å². The number of rotatable bonds is 5. The zero-order chi connectivity index (χ0) is 29.1. The Labute approximate surface area is 237 Å². The Morgan fingerprint density at radius 3 is 2.34 bits per heavy atom. The molecule has 0 spiro atoms. The number of hydrogen-bond acceptors (Lipinski definition) is 6. The first kappa shape index (κ1) is 28.0. The van der Waals surface area contributed by atoms with E-state index in [1.807, 2.05) is 18.0 Å². The van der Waals surface area contributed by atoms with E-state index >= 15 is 0 Å². The zero-order valence-electron chi connectivity index (χ0n) is 23.7. The molecule has 41 heavy (non-hydrogen) atoms. The second-order valence-electron chi connectivity index (χ2n) is 12.1. The number of nitrogens with zero attached hydrogens (tertiary/aromatic N) is 6. The van der Waals surface area contributed by atoms with Crippen LogP contribution in [0.15, 0.2) is 30.6 Å². The third-order valence-electron chi connectivity index (χ3n) is 9.60. The fourth-order valence-corrected chi connectivity index (χ4v) is 7.28. The number of fused-ring (bicyclic) bond motifs is 3. The van der Waals surface area contributed by atoms with Gasteiger partial charge in [-0.1, -0.05) is 6.07 Å². The molecule has 3 aliphatic heterocycles. The molecular formula is C29H37F3N6O3. The maximum Gasteiger partial charge on any atom is 0.416 e. The summed E-state index contributed by atoms with van der Waals surface area (Å²) in [6.45, 7) is 3.98. The highest BCUT2D eigenvalue weighted by molar-refractivity contribution is 5.91. The van der Waals surface area contributed by atoms with Crippen molar-refractivity contribution in [2.45, 2.75) is 63.5 Å². The molecule has 0 radical (unpaired) electrons. The lowest BCUT2D eigenvalue weighted by atomic mass is 10.0. The smallest absolute Gasteiger partial charge is 0.377 e. The predicted octanol–water partition coefficient (Wildman–Crippen LogP) is 4.06. The van der Waals surface area contributed by atoms with E-state index in [-0.39, 0.29) is 36.6 Å². The number of hydrogen-bond donors (Lipinski definition) is 0. The van der Waals surface area contributed by atoms with Gasteiger partial charge in [0.05, 0.1) is 48.9 Å². The minimum Gasteiger partial charge on any atom is -0.377 e. The minimum atomic E-state index is -4.43. The van der Waals surface area contributed by atoms with E-state index in [0.717, 1.165) is 25.7 Å². The van der Waals surface area contributed by atoms with Crippen molar-refractivity contribution >= 4 is 23.3 Å². The first-order valence-corrected chi connectivity index (χ1v) is 14.3. The van der Waals surface area contributed by atoms with E-state index in [0.29, 0.717) is 55.1 Å². The van der Waals surface area contributed by atoms with E-state index in [9.17, 15) is 22.8 Å². The molecule has 2 amide bonds. The summed E-state index contributed by atoms with van der Waals surface area (Å²) in [4.78, 5) is 32.1. The van der Waals surface area contributed by atoms with Crippen molar-refractivity contribution < 1.29 is 27.5 Å². The average molecular weight is 575 g/mol. The fraction of sp³-hybridized carbons (Fsp3) is 0.621. The molecule has 6 rings (SSSR count). The number of benzene rings is 1. The van der Waals surface area contributed by atoms with Crippen molar-refractivity contribution in [1.29, 1.82) is 0 Å². The summed E-state index contributed by atoms with van der Waals surface area (Å²) in [7, 11) is 3.53. The van der Waals surface area contributed by atoms with E-state index < -0.39 is 11.7 Å². The Balaban J connectivity index is 1.09. The average Bonchev–Trinajstić information content (AvgIpc) is 3.69. The summed E-state index contributed by atoms with van der Waals surface area (Å²) in [5.41, 5.74) is 0.923. The van der Waals surface area contributed by atoms with Crippen molar-refractivity contribution in [3.63, 3.8) is 0 Å². The van der Waals surface area contributed by atoms with Crippen LogP contribution < -0.4 is 9.80 Å². The number of amides is 2. The van der Waals surface area contributed by atoms with Crippen LogP contribution in [0, 0.1) is 11.8 Å². The molecule has 5 atom stereocenters. The summed E-state index contributed by atoms with van der Waals surface area (Å²) in [5, 5.41) is 4.15. The number of aromatic nitrogens is 2. The van der Waals surface area contributed by atoms with Gasteiger partial charge in [0.2, 0.25) is 5.91 Å². The van der Waals surface area contributed by atoms with Crippen molar-refractivity contribution in [1.82, 2.24) is 19.6 Å².